The van der Waals surface area contributed by atoms with E-state index in [1.54, 1.807) is 26.0 Å². The first kappa shape index (κ1) is 20.5. The molecule has 4 rings (SSSR count). The van der Waals surface area contributed by atoms with Gasteiger partial charge in [0.25, 0.3) is 5.71 Å². The lowest BCUT2D eigenvalue weighted by Crippen LogP contribution is -2.10. The Morgan fingerprint density at radius 2 is 1.94 bits per heavy atom. The van der Waals surface area contributed by atoms with E-state index in [1.807, 2.05) is 0 Å². The number of carboxylic acids is 1. The minimum absolute atomic E-state index is 0.0198. The second-order valence-electron chi connectivity index (χ2n) is 6.66. The van der Waals surface area contributed by atoms with Crippen molar-refractivity contribution in [2.24, 2.45) is 0 Å². The van der Waals surface area contributed by atoms with E-state index in [-0.39, 0.29) is 22.5 Å². The summed E-state index contributed by atoms with van der Waals surface area (Å²) in [5.41, 5.74) is 2.73. The van der Waals surface area contributed by atoms with Crippen LogP contribution in [0.15, 0.2) is 40.9 Å². The number of rotatable bonds is 6. The van der Waals surface area contributed by atoms with Gasteiger partial charge in [0.05, 0.1) is 11.2 Å². The van der Waals surface area contributed by atoms with Crippen molar-refractivity contribution >= 4 is 28.8 Å². The van der Waals surface area contributed by atoms with Gasteiger partial charge in [0.15, 0.2) is 6.61 Å². The minimum Gasteiger partial charge on any atom is -0.481 e. The minimum atomic E-state index is -1.06. The van der Waals surface area contributed by atoms with E-state index in [2.05, 4.69) is 15.0 Å². The molecular formula is C21H15ClFN3O5. The van der Waals surface area contributed by atoms with E-state index in [0.717, 1.165) is 17.2 Å². The second-order valence-corrected chi connectivity index (χ2v) is 7.07. The number of aliphatic carboxylic acids is 1. The van der Waals surface area contributed by atoms with Crippen molar-refractivity contribution in [2.75, 3.05) is 6.61 Å². The summed E-state index contributed by atoms with van der Waals surface area (Å²) in [4.78, 5) is 23.4. The number of oxazole rings is 1. The first-order valence-corrected chi connectivity index (χ1v) is 9.40. The molecule has 0 atom stereocenters. The molecular weight excluding hydrogens is 429 g/mol. The van der Waals surface area contributed by atoms with Crippen molar-refractivity contribution < 1.29 is 28.2 Å². The quantitative estimate of drug-likeness (QED) is 0.446. The van der Waals surface area contributed by atoms with Crippen LogP contribution in [0.1, 0.15) is 11.1 Å². The third-order valence-electron chi connectivity index (χ3n) is 4.28. The molecule has 0 aliphatic carbocycles. The van der Waals surface area contributed by atoms with Crippen LogP contribution in [-0.2, 0) is 4.79 Å². The summed E-state index contributed by atoms with van der Waals surface area (Å²) in [6.07, 6.45) is 1.43. The Labute approximate surface area is 180 Å². The predicted octanol–water partition coefficient (Wildman–Crippen LogP) is 4.95. The maximum absolute atomic E-state index is 13.6. The summed E-state index contributed by atoms with van der Waals surface area (Å²) in [5, 5.41) is 8.79. The van der Waals surface area contributed by atoms with Crippen LogP contribution < -0.4 is 9.47 Å². The van der Waals surface area contributed by atoms with Gasteiger partial charge in [-0.1, -0.05) is 11.6 Å². The highest BCUT2D eigenvalue weighted by molar-refractivity contribution is 6.30. The topological polar surface area (TPSA) is 108 Å². The lowest BCUT2D eigenvalue weighted by Gasteiger charge is -2.11. The van der Waals surface area contributed by atoms with E-state index >= 15 is 0 Å². The Kier molecular flexibility index (Phi) is 5.43. The molecule has 8 nitrogen and oxygen atoms in total. The number of carboxylic acid groups (broad SMARTS) is 1. The zero-order valence-corrected chi connectivity index (χ0v) is 17.1. The summed E-state index contributed by atoms with van der Waals surface area (Å²) in [6, 6.07) is 7.49. The fourth-order valence-corrected chi connectivity index (χ4v) is 3.09. The molecule has 2 heterocycles. The van der Waals surface area contributed by atoms with Crippen LogP contribution >= 0.6 is 11.6 Å². The molecule has 0 aliphatic heterocycles. The van der Waals surface area contributed by atoms with Crippen molar-refractivity contribution in [3.8, 4) is 29.0 Å². The van der Waals surface area contributed by atoms with E-state index in [9.17, 15) is 9.18 Å². The molecule has 31 heavy (non-hydrogen) atoms. The van der Waals surface area contributed by atoms with Gasteiger partial charge in [-0.15, -0.1) is 0 Å². The number of fused-ring (bicyclic) bond motifs is 1. The molecule has 4 aromatic rings. The molecule has 158 valence electrons. The van der Waals surface area contributed by atoms with Gasteiger partial charge in [-0.05, 0) is 49.2 Å². The summed E-state index contributed by atoms with van der Waals surface area (Å²) >= 11 is 5.67. The molecule has 0 amide bonds. The van der Waals surface area contributed by atoms with Gasteiger partial charge in [-0.2, -0.15) is 4.98 Å². The smallest absolute Gasteiger partial charge is 0.341 e. The first-order valence-electron chi connectivity index (χ1n) is 9.03. The van der Waals surface area contributed by atoms with Gasteiger partial charge >= 0.3 is 12.0 Å². The van der Waals surface area contributed by atoms with Gasteiger partial charge < -0.3 is 19.0 Å². The van der Waals surface area contributed by atoms with Gasteiger partial charge in [0, 0.05) is 11.6 Å². The Balaban J connectivity index is 1.62. The number of hydrogen-bond acceptors (Lipinski definition) is 7. The Morgan fingerprint density at radius 1 is 1.19 bits per heavy atom. The fourth-order valence-electron chi connectivity index (χ4n) is 2.97. The van der Waals surface area contributed by atoms with E-state index < -0.39 is 18.4 Å². The van der Waals surface area contributed by atoms with Gasteiger partial charge in [-0.3, -0.25) is 0 Å². The average Bonchev–Trinajstić information content (AvgIpc) is 3.13. The highest BCUT2D eigenvalue weighted by atomic mass is 35.5. The molecule has 2 aromatic carbocycles. The van der Waals surface area contributed by atoms with Gasteiger partial charge in [0.1, 0.15) is 22.8 Å². The van der Waals surface area contributed by atoms with Crippen LogP contribution in [0, 0.1) is 19.7 Å². The van der Waals surface area contributed by atoms with E-state index in [0.29, 0.717) is 22.7 Å². The summed E-state index contributed by atoms with van der Waals surface area (Å²) in [6.45, 7) is 3.17. The van der Waals surface area contributed by atoms with Crippen molar-refractivity contribution in [1.29, 1.82) is 0 Å². The number of benzene rings is 2. The molecule has 0 unspecified atom stereocenters. The second kappa shape index (κ2) is 8.19. The largest absolute Gasteiger partial charge is 0.481 e. The Morgan fingerprint density at radius 3 is 2.61 bits per heavy atom. The Bertz CT molecular complexity index is 1280. The summed E-state index contributed by atoms with van der Waals surface area (Å²) < 4.78 is 30.1. The molecule has 0 saturated carbocycles. The zero-order chi connectivity index (χ0) is 22.1. The lowest BCUT2D eigenvalue weighted by atomic mass is 10.1. The van der Waals surface area contributed by atoms with Crippen LogP contribution in [0.5, 0.6) is 17.5 Å². The van der Waals surface area contributed by atoms with Crippen LogP contribution in [-0.4, -0.2) is 32.6 Å². The molecule has 0 aliphatic rings. The van der Waals surface area contributed by atoms with Crippen LogP contribution in [0.4, 0.5) is 4.39 Å². The summed E-state index contributed by atoms with van der Waals surface area (Å²) in [5.74, 6) is -0.699. The molecule has 0 radical (unpaired) electrons. The number of aryl methyl sites for hydroxylation is 2. The monoisotopic (exact) mass is 443 g/mol. The van der Waals surface area contributed by atoms with E-state index in [1.165, 1.54) is 18.3 Å². The first-order chi connectivity index (χ1) is 14.8. The maximum Gasteiger partial charge on any atom is 0.341 e. The zero-order valence-electron chi connectivity index (χ0n) is 16.3. The number of aromatic nitrogens is 3. The van der Waals surface area contributed by atoms with Crippen LogP contribution in [0.25, 0.3) is 22.7 Å². The lowest BCUT2D eigenvalue weighted by molar-refractivity contribution is -0.139. The van der Waals surface area contributed by atoms with Crippen molar-refractivity contribution in [3.63, 3.8) is 0 Å². The number of ether oxygens (including phenoxy) is 2. The molecule has 1 N–H and O–H groups in total. The van der Waals surface area contributed by atoms with E-state index in [4.69, 9.17) is 30.6 Å². The number of halogens is 2. The van der Waals surface area contributed by atoms with Gasteiger partial charge in [0.2, 0.25) is 5.89 Å². The fraction of sp³-hybridized carbons (Fsp3) is 0.143. The standard InChI is InChI=1S/C21H15ClFN3O5/c1-10-5-12(6-11(2)18(10)29-9-17(27)28)19-25-16-8-24-21(26-20(16)31-19)30-13-3-4-14(22)15(23)7-13/h3-8H,9H2,1-2H3,(H,27,28). The van der Waals surface area contributed by atoms with Crippen molar-refractivity contribution in [2.45, 2.75) is 13.8 Å². The molecule has 0 fully saturated rings. The molecule has 0 saturated heterocycles. The summed E-state index contributed by atoms with van der Waals surface area (Å²) in [7, 11) is 0. The predicted molar refractivity (Wildman–Crippen MR) is 109 cm³/mol. The van der Waals surface area contributed by atoms with Crippen molar-refractivity contribution in [1.82, 2.24) is 15.0 Å². The average molecular weight is 444 g/mol. The Hall–Kier alpha value is -3.72. The highest BCUT2D eigenvalue weighted by Crippen LogP contribution is 2.32. The third kappa shape index (κ3) is 4.41. The number of hydrogen-bond donors (Lipinski definition) is 1. The third-order valence-corrected chi connectivity index (χ3v) is 4.58. The molecule has 0 spiro atoms. The van der Waals surface area contributed by atoms with Crippen LogP contribution in [0.2, 0.25) is 5.02 Å². The number of nitrogens with zero attached hydrogens (tertiary/aromatic N) is 3. The SMILES string of the molecule is Cc1cc(-c2nc3cnc(Oc4ccc(Cl)c(F)c4)nc3o2)cc(C)c1OCC(=O)O. The molecule has 2 aromatic heterocycles. The highest BCUT2D eigenvalue weighted by Gasteiger charge is 2.16. The van der Waals surface area contributed by atoms with Gasteiger partial charge in [-0.25, -0.2) is 19.2 Å². The normalized spacial score (nSPS) is 11.0. The number of carbonyl (C=O) groups is 1. The van der Waals surface area contributed by atoms with Crippen molar-refractivity contribution in [3.05, 3.63) is 58.5 Å². The maximum atomic E-state index is 13.6. The molecule has 10 heteroatoms. The van der Waals surface area contributed by atoms with Crippen LogP contribution in [0.3, 0.4) is 0 Å². The molecule has 0 bridgehead atoms.